The number of nitrogens with one attached hydrogen (secondary N) is 2. The third kappa shape index (κ3) is 3.29. The summed E-state index contributed by atoms with van der Waals surface area (Å²) >= 11 is 0. The minimum absolute atomic E-state index is 0.0424. The van der Waals surface area contributed by atoms with Crippen molar-refractivity contribution < 1.29 is 4.79 Å². The predicted molar refractivity (Wildman–Crippen MR) is 106 cm³/mol. The topological polar surface area (TPSA) is 74.6 Å². The van der Waals surface area contributed by atoms with Crippen LogP contribution in [0.4, 0.5) is 5.82 Å². The van der Waals surface area contributed by atoms with Gasteiger partial charge in [-0.2, -0.15) is 9.61 Å². The summed E-state index contributed by atoms with van der Waals surface area (Å²) in [6.45, 7) is 9.79. The molecule has 1 amide bonds. The maximum absolute atomic E-state index is 12.7. The summed E-state index contributed by atoms with van der Waals surface area (Å²) in [4.78, 5) is 19.8. The quantitative estimate of drug-likeness (QED) is 0.835. The highest BCUT2D eigenvalue weighted by Gasteiger charge is 2.38. The van der Waals surface area contributed by atoms with Crippen LogP contribution in [0.2, 0.25) is 0 Å². The monoisotopic (exact) mass is 370 g/mol. The summed E-state index contributed by atoms with van der Waals surface area (Å²) in [6, 6.07) is 1.96. The maximum atomic E-state index is 12.7. The molecule has 4 heterocycles. The summed E-state index contributed by atoms with van der Waals surface area (Å²) in [6.07, 6.45) is 5.59. The lowest BCUT2D eigenvalue weighted by Crippen LogP contribution is -2.58. The van der Waals surface area contributed by atoms with Crippen LogP contribution in [-0.2, 0) is 17.6 Å². The van der Waals surface area contributed by atoms with Gasteiger partial charge >= 0.3 is 0 Å². The molecule has 4 rings (SSSR count). The number of anilines is 1. The first-order valence-corrected chi connectivity index (χ1v) is 10.2. The van der Waals surface area contributed by atoms with Gasteiger partial charge in [-0.05, 0) is 32.7 Å². The molecule has 146 valence electrons. The molecule has 2 aliphatic heterocycles. The molecule has 2 aliphatic rings. The van der Waals surface area contributed by atoms with Crippen LogP contribution in [0.15, 0.2) is 12.3 Å². The average Bonchev–Trinajstić information content (AvgIpc) is 2.96. The summed E-state index contributed by atoms with van der Waals surface area (Å²) in [5, 5.41) is 11.2. The molecule has 0 saturated carbocycles. The van der Waals surface area contributed by atoms with E-state index in [0.717, 1.165) is 63.3 Å². The second kappa shape index (κ2) is 7.11. The van der Waals surface area contributed by atoms with Crippen LogP contribution >= 0.6 is 0 Å². The number of hydrogen-bond acceptors (Lipinski definition) is 5. The maximum Gasteiger partial charge on any atom is 0.227 e. The molecule has 7 nitrogen and oxygen atoms in total. The standard InChI is InChI=1S/C20H30N6O/c1-4-20(3,5-2)24-18(27)14-12-25(13-14)19-15-6-9-21-10-7-16(15)23-17-8-11-22-26(17)19/h8,11,14,21H,4-7,9-10,12-13H2,1-3H3,(H,24,27). The minimum atomic E-state index is -0.105. The van der Waals surface area contributed by atoms with Crippen molar-refractivity contribution in [3.8, 4) is 0 Å². The van der Waals surface area contributed by atoms with E-state index in [0.29, 0.717) is 0 Å². The van der Waals surface area contributed by atoms with Crippen LogP contribution in [0.1, 0.15) is 44.9 Å². The summed E-state index contributed by atoms with van der Waals surface area (Å²) < 4.78 is 1.94. The van der Waals surface area contributed by atoms with E-state index < -0.39 is 0 Å². The Kier molecular flexibility index (Phi) is 4.80. The number of fused-ring (bicyclic) bond motifs is 2. The number of carbonyl (C=O) groups excluding carboxylic acids is 1. The SMILES string of the molecule is CCC(C)(CC)NC(=O)C1CN(c2c3c(nc4ccnn24)CCNCC3)C1. The predicted octanol–water partition coefficient (Wildman–Crippen LogP) is 1.55. The Labute approximate surface area is 160 Å². The number of nitrogens with zero attached hydrogens (tertiary/aromatic N) is 4. The molecule has 0 radical (unpaired) electrons. The Morgan fingerprint density at radius 2 is 2.04 bits per heavy atom. The van der Waals surface area contributed by atoms with E-state index in [2.05, 4.69) is 41.4 Å². The van der Waals surface area contributed by atoms with E-state index in [1.165, 1.54) is 11.3 Å². The first-order chi connectivity index (χ1) is 13.0. The van der Waals surface area contributed by atoms with Gasteiger partial charge in [-0.15, -0.1) is 0 Å². The molecular weight excluding hydrogens is 340 g/mol. The Bertz CT molecular complexity index is 834. The van der Waals surface area contributed by atoms with Crippen molar-refractivity contribution in [1.29, 1.82) is 0 Å². The van der Waals surface area contributed by atoms with Gasteiger partial charge in [0.2, 0.25) is 5.91 Å². The first-order valence-electron chi connectivity index (χ1n) is 10.2. The molecule has 0 aliphatic carbocycles. The van der Waals surface area contributed by atoms with Gasteiger partial charge in [-0.25, -0.2) is 4.98 Å². The fourth-order valence-corrected chi connectivity index (χ4v) is 3.98. The largest absolute Gasteiger partial charge is 0.354 e. The van der Waals surface area contributed by atoms with Gasteiger partial charge < -0.3 is 15.5 Å². The molecule has 0 spiro atoms. The van der Waals surface area contributed by atoms with Crippen LogP contribution in [0.5, 0.6) is 0 Å². The summed E-state index contributed by atoms with van der Waals surface area (Å²) in [5.41, 5.74) is 3.23. The first kappa shape index (κ1) is 18.2. The second-order valence-corrected chi connectivity index (χ2v) is 8.07. The van der Waals surface area contributed by atoms with E-state index in [1.807, 2.05) is 10.6 Å². The smallest absolute Gasteiger partial charge is 0.227 e. The van der Waals surface area contributed by atoms with Gasteiger partial charge in [0, 0.05) is 43.2 Å². The molecule has 0 bridgehead atoms. The third-order valence-corrected chi connectivity index (χ3v) is 6.32. The molecule has 0 unspecified atom stereocenters. The van der Waals surface area contributed by atoms with Crippen LogP contribution in [0.25, 0.3) is 5.65 Å². The van der Waals surface area contributed by atoms with E-state index in [-0.39, 0.29) is 17.4 Å². The fraction of sp³-hybridized carbons (Fsp3) is 0.650. The molecule has 2 N–H and O–H groups in total. The zero-order valence-corrected chi connectivity index (χ0v) is 16.6. The van der Waals surface area contributed by atoms with Crippen LogP contribution < -0.4 is 15.5 Å². The van der Waals surface area contributed by atoms with Crippen LogP contribution in [0, 0.1) is 5.92 Å². The molecule has 1 fully saturated rings. The van der Waals surface area contributed by atoms with Gasteiger partial charge in [0.1, 0.15) is 5.82 Å². The zero-order valence-electron chi connectivity index (χ0n) is 16.6. The molecule has 0 atom stereocenters. The molecule has 1 saturated heterocycles. The van der Waals surface area contributed by atoms with Crippen molar-refractivity contribution in [3.05, 3.63) is 23.5 Å². The highest BCUT2D eigenvalue weighted by Crippen LogP contribution is 2.31. The van der Waals surface area contributed by atoms with Crippen molar-refractivity contribution >= 4 is 17.4 Å². The van der Waals surface area contributed by atoms with Gasteiger partial charge in [-0.1, -0.05) is 13.8 Å². The molecule has 27 heavy (non-hydrogen) atoms. The Balaban J connectivity index is 1.56. The lowest BCUT2D eigenvalue weighted by atomic mass is 9.92. The van der Waals surface area contributed by atoms with Crippen LogP contribution in [-0.4, -0.2) is 52.2 Å². The fourth-order valence-electron chi connectivity index (χ4n) is 3.98. The molecular formula is C20H30N6O. The molecule has 2 aromatic heterocycles. The Morgan fingerprint density at radius 3 is 2.78 bits per heavy atom. The van der Waals surface area contributed by atoms with Gasteiger partial charge in [-0.3, -0.25) is 4.79 Å². The normalized spacial score (nSPS) is 18.1. The Morgan fingerprint density at radius 1 is 1.30 bits per heavy atom. The zero-order chi connectivity index (χ0) is 19.0. The van der Waals surface area contributed by atoms with Gasteiger partial charge in [0.05, 0.1) is 17.8 Å². The van der Waals surface area contributed by atoms with Gasteiger partial charge in [0.15, 0.2) is 5.65 Å². The van der Waals surface area contributed by atoms with Crippen molar-refractivity contribution in [2.45, 2.75) is 52.0 Å². The number of hydrogen-bond donors (Lipinski definition) is 2. The average molecular weight is 371 g/mol. The second-order valence-electron chi connectivity index (χ2n) is 8.07. The summed E-state index contributed by atoms with van der Waals surface area (Å²) in [5.74, 6) is 1.35. The van der Waals surface area contributed by atoms with Gasteiger partial charge in [0.25, 0.3) is 0 Å². The highest BCUT2D eigenvalue weighted by atomic mass is 16.2. The Hall–Kier alpha value is -2.15. The number of aromatic nitrogens is 3. The molecule has 2 aromatic rings. The molecule has 7 heteroatoms. The molecule has 0 aromatic carbocycles. The number of rotatable bonds is 5. The van der Waals surface area contributed by atoms with Crippen molar-refractivity contribution in [3.63, 3.8) is 0 Å². The van der Waals surface area contributed by atoms with E-state index in [1.54, 1.807) is 6.20 Å². The minimum Gasteiger partial charge on any atom is -0.354 e. The van der Waals surface area contributed by atoms with E-state index in [9.17, 15) is 4.79 Å². The summed E-state index contributed by atoms with van der Waals surface area (Å²) in [7, 11) is 0. The lowest BCUT2D eigenvalue weighted by molar-refractivity contribution is -0.127. The lowest BCUT2D eigenvalue weighted by Gasteiger charge is -2.42. The third-order valence-electron chi connectivity index (χ3n) is 6.32. The van der Waals surface area contributed by atoms with E-state index >= 15 is 0 Å². The van der Waals surface area contributed by atoms with Crippen molar-refractivity contribution in [2.75, 3.05) is 31.1 Å². The van der Waals surface area contributed by atoms with Crippen molar-refractivity contribution in [1.82, 2.24) is 25.2 Å². The van der Waals surface area contributed by atoms with Crippen LogP contribution in [0.3, 0.4) is 0 Å². The number of carbonyl (C=O) groups is 1. The van der Waals surface area contributed by atoms with E-state index in [4.69, 9.17) is 4.98 Å². The number of amides is 1. The van der Waals surface area contributed by atoms with Crippen molar-refractivity contribution in [2.24, 2.45) is 5.92 Å². The highest BCUT2D eigenvalue weighted by molar-refractivity contribution is 5.82.